The second-order valence-corrected chi connectivity index (χ2v) is 5.62. The number of hydrogen-bond donors (Lipinski definition) is 1. The Morgan fingerprint density at radius 3 is 2.90 bits per heavy atom. The summed E-state index contributed by atoms with van der Waals surface area (Å²) in [6.45, 7) is 4.94. The summed E-state index contributed by atoms with van der Waals surface area (Å²) in [7, 11) is 0. The molecule has 108 valence electrons. The number of rotatable bonds is 3. The molecule has 1 aromatic rings. The minimum absolute atomic E-state index is 0.0531. The van der Waals surface area contributed by atoms with Gasteiger partial charge in [-0.1, -0.05) is 31.5 Å². The fourth-order valence-corrected chi connectivity index (χ4v) is 2.53. The van der Waals surface area contributed by atoms with Crippen molar-refractivity contribution in [2.24, 2.45) is 5.92 Å². The molecule has 5 nitrogen and oxygen atoms in total. The van der Waals surface area contributed by atoms with Crippen molar-refractivity contribution in [2.45, 2.75) is 26.3 Å². The van der Waals surface area contributed by atoms with Crippen LogP contribution in [0.5, 0.6) is 0 Å². The molecule has 1 aliphatic rings. The molecule has 1 aromatic heterocycles. The fraction of sp³-hybridized carbons (Fsp3) is 0.500. The Kier molecular flexibility index (Phi) is 4.60. The summed E-state index contributed by atoms with van der Waals surface area (Å²) in [5.74, 6) is -0.0425. The van der Waals surface area contributed by atoms with Crippen molar-refractivity contribution >= 4 is 23.4 Å². The zero-order chi connectivity index (χ0) is 14.7. The maximum Gasteiger partial charge on any atom is 0.243 e. The van der Waals surface area contributed by atoms with Gasteiger partial charge in [0.2, 0.25) is 11.8 Å². The summed E-state index contributed by atoms with van der Waals surface area (Å²) in [5.41, 5.74) is 0.799. The second-order valence-electron chi connectivity index (χ2n) is 5.23. The topological polar surface area (TPSA) is 62.3 Å². The van der Waals surface area contributed by atoms with Gasteiger partial charge in [0.05, 0.1) is 6.42 Å². The van der Waals surface area contributed by atoms with Crippen LogP contribution in [0.15, 0.2) is 18.3 Å². The summed E-state index contributed by atoms with van der Waals surface area (Å²) >= 11 is 5.72. The molecule has 0 spiro atoms. The van der Waals surface area contributed by atoms with E-state index in [-0.39, 0.29) is 24.2 Å². The highest BCUT2D eigenvalue weighted by Crippen LogP contribution is 2.16. The number of carbonyl (C=O) groups is 2. The third-order valence-electron chi connectivity index (χ3n) is 3.35. The summed E-state index contributed by atoms with van der Waals surface area (Å²) < 4.78 is 0. The number of amides is 2. The van der Waals surface area contributed by atoms with Crippen molar-refractivity contribution in [3.05, 3.63) is 29.0 Å². The fourth-order valence-electron chi connectivity index (χ4n) is 2.41. The van der Waals surface area contributed by atoms with Crippen LogP contribution in [-0.2, 0) is 16.0 Å². The van der Waals surface area contributed by atoms with Crippen LogP contribution in [0.3, 0.4) is 0 Å². The predicted molar refractivity (Wildman–Crippen MR) is 76.3 cm³/mol. The number of carbonyl (C=O) groups excluding carboxylic acids is 2. The lowest BCUT2D eigenvalue weighted by molar-refractivity contribution is -0.144. The van der Waals surface area contributed by atoms with Gasteiger partial charge in [-0.25, -0.2) is 4.98 Å². The third kappa shape index (κ3) is 3.28. The van der Waals surface area contributed by atoms with Crippen molar-refractivity contribution in [2.75, 3.05) is 13.1 Å². The van der Waals surface area contributed by atoms with Gasteiger partial charge in [0.15, 0.2) is 0 Å². The van der Waals surface area contributed by atoms with E-state index in [1.807, 2.05) is 13.8 Å². The maximum atomic E-state index is 12.4. The molecular formula is C14H18ClN3O2. The summed E-state index contributed by atoms with van der Waals surface area (Å²) in [6, 6.07) is 3.05. The standard InChI is InChI=1S/C14H18ClN3O2/c1-9(2)13-14(20)16-5-6-18(13)12(19)7-10-3-4-11(15)17-8-10/h3-4,8-9,13H,5-7H2,1-2H3,(H,16,20)/t13-/m0/s1. The molecule has 0 aromatic carbocycles. The molecule has 20 heavy (non-hydrogen) atoms. The monoisotopic (exact) mass is 295 g/mol. The lowest BCUT2D eigenvalue weighted by atomic mass is 9.99. The highest BCUT2D eigenvalue weighted by molar-refractivity contribution is 6.29. The van der Waals surface area contributed by atoms with Crippen LogP contribution in [0.1, 0.15) is 19.4 Å². The Morgan fingerprint density at radius 1 is 1.55 bits per heavy atom. The van der Waals surface area contributed by atoms with E-state index in [4.69, 9.17) is 11.6 Å². The van der Waals surface area contributed by atoms with Gasteiger partial charge in [-0.15, -0.1) is 0 Å². The average Bonchev–Trinajstić information content (AvgIpc) is 2.40. The van der Waals surface area contributed by atoms with Crippen LogP contribution < -0.4 is 5.32 Å². The number of hydrogen-bond acceptors (Lipinski definition) is 3. The van der Waals surface area contributed by atoms with Crippen LogP contribution in [0.25, 0.3) is 0 Å². The number of pyridine rings is 1. The Bertz CT molecular complexity index is 502. The van der Waals surface area contributed by atoms with E-state index in [9.17, 15) is 9.59 Å². The smallest absolute Gasteiger partial charge is 0.243 e. The van der Waals surface area contributed by atoms with Crippen molar-refractivity contribution in [1.29, 1.82) is 0 Å². The Balaban J connectivity index is 2.10. The van der Waals surface area contributed by atoms with Gasteiger partial charge in [0.25, 0.3) is 0 Å². The van der Waals surface area contributed by atoms with E-state index in [0.717, 1.165) is 5.56 Å². The molecule has 1 saturated heterocycles. The van der Waals surface area contributed by atoms with E-state index in [2.05, 4.69) is 10.3 Å². The molecule has 1 atom stereocenters. The minimum atomic E-state index is -0.392. The Hall–Kier alpha value is -1.62. The van der Waals surface area contributed by atoms with E-state index in [1.54, 1.807) is 23.2 Å². The van der Waals surface area contributed by atoms with Gasteiger partial charge in [-0.2, -0.15) is 0 Å². The van der Waals surface area contributed by atoms with Crippen LogP contribution in [0.2, 0.25) is 5.15 Å². The first kappa shape index (κ1) is 14.8. The lowest BCUT2D eigenvalue weighted by Crippen LogP contribution is -2.59. The predicted octanol–water partition coefficient (Wildman–Crippen LogP) is 1.26. The first-order valence-electron chi connectivity index (χ1n) is 6.66. The molecule has 0 unspecified atom stereocenters. The molecule has 0 bridgehead atoms. The lowest BCUT2D eigenvalue weighted by Gasteiger charge is -2.37. The molecule has 2 heterocycles. The zero-order valence-electron chi connectivity index (χ0n) is 11.6. The molecule has 6 heteroatoms. The van der Waals surface area contributed by atoms with Crippen LogP contribution in [0.4, 0.5) is 0 Å². The molecule has 0 aliphatic carbocycles. The average molecular weight is 296 g/mol. The first-order valence-corrected chi connectivity index (χ1v) is 7.04. The van der Waals surface area contributed by atoms with Crippen molar-refractivity contribution in [1.82, 2.24) is 15.2 Å². The normalized spacial score (nSPS) is 19.1. The second kappa shape index (κ2) is 6.22. The van der Waals surface area contributed by atoms with Crippen molar-refractivity contribution in [3.8, 4) is 0 Å². The molecule has 2 rings (SSSR count). The third-order valence-corrected chi connectivity index (χ3v) is 3.58. The van der Waals surface area contributed by atoms with Gasteiger partial charge < -0.3 is 10.2 Å². The van der Waals surface area contributed by atoms with Crippen LogP contribution in [0, 0.1) is 5.92 Å². The molecule has 1 aliphatic heterocycles. The van der Waals surface area contributed by atoms with Gasteiger partial charge >= 0.3 is 0 Å². The number of nitrogens with one attached hydrogen (secondary N) is 1. The Labute approximate surface area is 123 Å². The molecule has 1 fully saturated rings. The molecule has 2 amide bonds. The Morgan fingerprint density at radius 2 is 2.30 bits per heavy atom. The van der Waals surface area contributed by atoms with Gasteiger partial charge in [0, 0.05) is 19.3 Å². The molecule has 1 N–H and O–H groups in total. The molecule has 0 saturated carbocycles. The largest absolute Gasteiger partial charge is 0.353 e. The van der Waals surface area contributed by atoms with Crippen molar-refractivity contribution < 1.29 is 9.59 Å². The number of halogens is 1. The summed E-state index contributed by atoms with van der Waals surface area (Å²) in [5, 5.41) is 3.21. The minimum Gasteiger partial charge on any atom is -0.353 e. The van der Waals surface area contributed by atoms with E-state index in [0.29, 0.717) is 18.2 Å². The number of piperazine rings is 1. The first-order chi connectivity index (χ1) is 9.49. The highest BCUT2D eigenvalue weighted by Gasteiger charge is 2.34. The van der Waals surface area contributed by atoms with E-state index >= 15 is 0 Å². The van der Waals surface area contributed by atoms with E-state index in [1.165, 1.54) is 0 Å². The van der Waals surface area contributed by atoms with Gasteiger partial charge in [-0.3, -0.25) is 9.59 Å². The van der Waals surface area contributed by atoms with Crippen molar-refractivity contribution in [3.63, 3.8) is 0 Å². The van der Waals surface area contributed by atoms with E-state index < -0.39 is 6.04 Å². The zero-order valence-corrected chi connectivity index (χ0v) is 12.4. The van der Waals surface area contributed by atoms with Gasteiger partial charge in [-0.05, 0) is 17.5 Å². The highest BCUT2D eigenvalue weighted by atomic mass is 35.5. The molecule has 0 radical (unpaired) electrons. The van der Waals surface area contributed by atoms with Crippen LogP contribution >= 0.6 is 11.6 Å². The summed E-state index contributed by atoms with van der Waals surface area (Å²) in [6.07, 6.45) is 1.83. The quantitative estimate of drug-likeness (QED) is 0.854. The van der Waals surface area contributed by atoms with Crippen LogP contribution in [-0.4, -0.2) is 40.8 Å². The summed E-state index contributed by atoms with van der Waals surface area (Å²) in [4.78, 5) is 29.9. The molecular weight excluding hydrogens is 278 g/mol. The number of aromatic nitrogens is 1. The SMILES string of the molecule is CC(C)[C@H]1C(=O)NCCN1C(=O)Cc1ccc(Cl)nc1. The van der Waals surface area contributed by atoms with Gasteiger partial charge in [0.1, 0.15) is 11.2 Å². The number of nitrogens with zero attached hydrogens (tertiary/aromatic N) is 2. The maximum absolute atomic E-state index is 12.4.